The number of para-hydroxylation sites is 1. The average Bonchev–Trinajstić information content (AvgIpc) is 2.94. The number of nitrogens with zero attached hydrogens (tertiary/aromatic N) is 1. The van der Waals surface area contributed by atoms with Gasteiger partial charge in [-0.15, -0.1) is 0 Å². The first-order chi connectivity index (χ1) is 10.0. The van der Waals surface area contributed by atoms with E-state index >= 15 is 0 Å². The van der Waals surface area contributed by atoms with Gasteiger partial charge in [0.2, 0.25) is 5.88 Å². The van der Waals surface area contributed by atoms with Gasteiger partial charge >= 0.3 is 0 Å². The predicted octanol–water partition coefficient (Wildman–Crippen LogP) is 2.01. The molecule has 0 spiro atoms. The smallest absolute Gasteiger partial charge is 0.258 e. The summed E-state index contributed by atoms with van der Waals surface area (Å²) in [7, 11) is 1.48. The van der Waals surface area contributed by atoms with Gasteiger partial charge < -0.3 is 14.8 Å². The maximum absolute atomic E-state index is 12.2. The molecule has 2 rings (SSSR count). The van der Waals surface area contributed by atoms with Crippen molar-refractivity contribution in [2.75, 3.05) is 13.7 Å². The molecule has 112 valence electrons. The van der Waals surface area contributed by atoms with E-state index in [1.807, 2.05) is 44.2 Å². The maximum atomic E-state index is 12.2. The molecule has 21 heavy (non-hydrogen) atoms. The van der Waals surface area contributed by atoms with Gasteiger partial charge in [-0.3, -0.25) is 4.79 Å². The van der Waals surface area contributed by atoms with Crippen LogP contribution in [0.2, 0.25) is 0 Å². The fraction of sp³-hybridized carbons (Fsp3) is 0.333. The Bertz CT molecular complexity index is 593. The van der Waals surface area contributed by atoms with Gasteiger partial charge in [0, 0.05) is 0 Å². The van der Waals surface area contributed by atoms with Crippen LogP contribution in [0.15, 0.2) is 36.5 Å². The first-order valence-corrected chi connectivity index (χ1v) is 6.59. The molecular formula is C15H19N3O3. The molecule has 2 aromatic rings. The highest BCUT2D eigenvalue weighted by molar-refractivity contribution is 5.96. The van der Waals surface area contributed by atoms with Crippen molar-refractivity contribution >= 4 is 5.91 Å². The van der Waals surface area contributed by atoms with E-state index in [0.29, 0.717) is 18.1 Å². The Kier molecular flexibility index (Phi) is 4.47. The Morgan fingerprint density at radius 3 is 2.71 bits per heavy atom. The van der Waals surface area contributed by atoms with Crippen LogP contribution in [-0.4, -0.2) is 35.4 Å². The topological polar surface area (TPSA) is 76.2 Å². The number of aromatic amines is 1. The molecule has 0 aliphatic carbocycles. The van der Waals surface area contributed by atoms with Gasteiger partial charge in [-0.1, -0.05) is 18.2 Å². The van der Waals surface area contributed by atoms with Crippen molar-refractivity contribution in [2.24, 2.45) is 0 Å². The van der Waals surface area contributed by atoms with Crippen LogP contribution < -0.4 is 14.8 Å². The lowest BCUT2D eigenvalue weighted by Gasteiger charge is -2.26. The molecule has 0 atom stereocenters. The van der Waals surface area contributed by atoms with Crippen LogP contribution in [0.3, 0.4) is 0 Å². The van der Waals surface area contributed by atoms with Crippen LogP contribution in [0.1, 0.15) is 24.2 Å². The number of rotatable bonds is 6. The standard InChI is InChI=1S/C15H19N3O3/c1-15(2,10-21-11-7-5-4-6-8-11)17-13(19)12-9-16-18-14(12)20-3/h4-9H,10H2,1-3H3,(H,16,18)(H,17,19). The number of aromatic nitrogens is 2. The molecule has 0 unspecified atom stereocenters. The molecule has 0 saturated heterocycles. The number of benzene rings is 1. The first kappa shape index (κ1) is 14.9. The van der Waals surface area contributed by atoms with E-state index < -0.39 is 5.54 Å². The zero-order chi connectivity index (χ0) is 15.3. The number of carbonyl (C=O) groups is 1. The third kappa shape index (κ3) is 3.98. The summed E-state index contributed by atoms with van der Waals surface area (Å²) in [6.07, 6.45) is 1.43. The molecule has 1 heterocycles. The molecule has 1 amide bonds. The van der Waals surface area contributed by atoms with Crippen LogP contribution in [0, 0.1) is 0 Å². The summed E-state index contributed by atoms with van der Waals surface area (Å²) in [6, 6.07) is 9.47. The second-order valence-corrected chi connectivity index (χ2v) is 5.26. The molecule has 0 aliphatic heterocycles. The average molecular weight is 289 g/mol. The molecule has 6 nitrogen and oxygen atoms in total. The monoisotopic (exact) mass is 289 g/mol. The minimum absolute atomic E-state index is 0.262. The summed E-state index contributed by atoms with van der Waals surface area (Å²) < 4.78 is 10.7. The maximum Gasteiger partial charge on any atom is 0.258 e. The van der Waals surface area contributed by atoms with E-state index in [2.05, 4.69) is 15.5 Å². The Hall–Kier alpha value is -2.50. The molecule has 1 aromatic carbocycles. The molecule has 1 aromatic heterocycles. The summed E-state index contributed by atoms with van der Waals surface area (Å²) in [5.74, 6) is 0.843. The second-order valence-electron chi connectivity index (χ2n) is 5.26. The van der Waals surface area contributed by atoms with Crippen molar-refractivity contribution in [3.63, 3.8) is 0 Å². The Balaban J connectivity index is 1.95. The highest BCUT2D eigenvalue weighted by Gasteiger charge is 2.24. The zero-order valence-electron chi connectivity index (χ0n) is 12.3. The minimum Gasteiger partial charge on any atom is -0.491 e. The number of nitrogens with one attached hydrogen (secondary N) is 2. The second kappa shape index (κ2) is 6.30. The molecule has 0 saturated carbocycles. The summed E-state index contributed by atoms with van der Waals surface area (Å²) in [4.78, 5) is 12.2. The van der Waals surface area contributed by atoms with E-state index in [9.17, 15) is 4.79 Å². The lowest BCUT2D eigenvalue weighted by molar-refractivity contribution is 0.0878. The van der Waals surface area contributed by atoms with Crippen LogP contribution in [-0.2, 0) is 0 Å². The Labute approximate surface area is 123 Å². The summed E-state index contributed by atoms with van der Waals surface area (Å²) in [5.41, 5.74) is -0.167. The fourth-order valence-electron chi connectivity index (χ4n) is 1.78. The quantitative estimate of drug-likeness (QED) is 0.853. The van der Waals surface area contributed by atoms with Crippen LogP contribution in [0.5, 0.6) is 11.6 Å². The van der Waals surface area contributed by atoms with Gasteiger partial charge in [0.15, 0.2) is 0 Å². The zero-order valence-corrected chi connectivity index (χ0v) is 12.3. The number of ether oxygens (including phenoxy) is 2. The molecule has 0 aliphatic rings. The Morgan fingerprint density at radius 1 is 1.33 bits per heavy atom. The number of H-pyrrole nitrogens is 1. The van der Waals surface area contributed by atoms with Crippen LogP contribution in [0.4, 0.5) is 0 Å². The fourth-order valence-corrected chi connectivity index (χ4v) is 1.78. The van der Waals surface area contributed by atoms with Gasteiger partial charge in [-0.05, 0) is 26.0 Å². The highest BCUT2D eigenvalue weighted by Crippen LogP contribution is 2.16. The van der Waals surface area contributed by atoms with Crippen molar-refractivity contribution in [1.29, 1.82) is 0 Å². The van der Waals surface area contributed by atoms with E-state index in [1.165, 1.54) is 13.3 Å². The van der Waals surface area contributed by atoms with E-state index in [-0.39, 0.29) is 5.91 Å². The summed E-state index contributed by atoms with van der Waals surface area (Å²) in [6.45, 7) is 4.13. The first-order valence-electron chi connectivity index (χ1n) is 6.59. The van der Waals surface area contributed by atoms with E-state index in [0.717, 1.165) is 5.75 Å². The van der Waals surface area contributed by atoms with Crippen molar-refractivity contribution in [2.45, 2.75) is 19.4 Å². The minimum atomic E-state index is -0.533. The Morgan fingerprint density at radius 2 is 2.05 bits per heavy atom. The lowest BCUT2D eigenvalue weighted by atomic mass is 10.1. The molecule has 0 fully saturated rings. The molecular weight excluding hydrogens is 270 g/mol. The third-order valence-corrected chi connectivity index (χ3v) is 2.85. The number of methoxy groups -OCH3 is 1. The van der Waals surface area contributed by atoms with Gasteiger partial charge in [-0.25, -0.2) is 5.10 Å². The summed E-state index contributed by atoms with van der Waals surface area (Å²) >= 11 is 0. The van der Waals surface area contributed by atoms with Gasteiger partial charge in [-0.2, -0.15) is 5.10 Å². The normalized spacial score (nSPS) is 11.0. The molecule has 0 radical (unpaired) electrons. The van der Waals surface area contributed by atoms with Gasteiger partial charge in [0.1, 0.15) is 17.9 Å². The van der Waals surface area contributed by atoms with Gasteiger partial charge in [0.25, 0.3) is 5.91 Å². The van der Waals surface area contributed by atoms with Gasteiger partial charge in [0.05, 0.1) is 18.8 Å². The number of amides is 1. The highest BCUT2D eigenvalue weighted by atomic mass is 16.5. The molecule has 0 bridgehead atoms. The number of carbonyl (C=O) groups excluding carboxylic acids is 1. The van der Waals surface area contributed by atoms with E-state index in [4.69, 9.17) is 9.47 Å². The SMILES string of the molecule is COc1[nH]ncc1C(=O)NC(C)(C)COc1ccccc1. The van der Waals surface area contributed by atoms with Crippen molar-refractivity contribution in [1.82, 2.24) is 15.5 Å². The van der Waals surface area contributed by atoms with E-state index in [1.54, 1.807) is 0 Å². The largest absolute Gasteiger partial charge is 0.491 e. The number of hydrogen-bond donors (Lipinski definition) is 2. The molecule has 2 N–H and O–H groups in total. The van der Waals surface area contributed by atoms with Crippen LogP contribution >= 0.6 is 0 Å². The third-order valence-electron chi connectivity index (χ3n) is 2.85. The predicted molar refractivity (Wildman–Crippen MR) is 78.6 cm³/mol. The van der Waals surface area contributed by atoms with Crippen LogP contribution in [0.25, 0.3) is 0 Å². The summed E-state index contributed by atoms with van der Waals surface area (Å²) in [5, 5.41) is 9.31. The molecule has 6 heteroatoms. The number of hydrogen-bond acceptors (Lipinski definition) is 4. The lowest BCUT2D eigenvalue weighted by Crippen LogP contribution is -2.47. The van der Waals surface area contributed by atoms with Crippen molar-refractivity contribution < 1.29 is 14.3 Å². The van der Waals surface area contributed by atoms with Crippen molar-refractivity contribution in [3.05, 3.63) is 42.1 Å². The van der Waals surface area contributed by atoms with Crippen molar-refractivity contribution in [3.8, 4) is 11.6 Å².